The van der Waals surface area contributed by atoms with Gasteiger partial charge in [-0.2, -0.15) is 9.97 Å². The summed E-state index contributed by atoms with van der Waals surface area (Å²) in [7, 11) is -1.81. The normalized spacial score (nSPS) is 28.7. The number of nitrogen functional groups attached to an aromatic ring is 1. The van der Waals surface area contributed by atoms with Crippen molar-refractivity contribution in [1.29, 1.82) is 0 Å². The van der Waals surface area contributed by atoms with Gasteiger partial charge in [0.1, 0.15) is 23.7 Å². The molecule has 1 saturated heterocycles. The van der Waals surface area contributed by atoms with Crippen molar-refractivity contribution in [3.05, 3.63) is 6.33 Å². The van der Waals surface area contributed by atoms with E-state index in [4.69, 9.17) is 10.5 Å². The van der Waals surface area contributed by atoms with E-state index in [-0.39, 0.29) is 28.8 Å². The summed E-state index contributed by atoms with van der Waals surface area (Å²) in [4.78, 5) is 13.8. The summed E-state index contributed by atoms with van der Waals surface area (Å²) >= 11 is 0. The average molecular weight is 402 g/mol. The Hall–Kier alpha value is -2.06. The van der Waals surface area contributed by atoms with Crippen LogP contribution in [0.15, 0.2) is 6.33 Å². The monoisotopic (exact) mass is 402 g/mol. The molecule has 1 unspecified atom stereocenters. The number of hydrogen-bond donors (Lipinski definition) is 4. The van der Waals surface area contributed by atoms with Gasteiger partial charge in [0, 0.05) is 13.3 Å². The van der Waals surface area contributed by atoms with E-state index in [0.29, 0.717) is 0 Å². The third-order valence-corrected chi connectivity index (χ3v) is 5.25. The van der Waals surface area contributed by atoms with Crippen molar-refractivity contribution in [1.82, 2.24) is 19.5 Å². The molecular weight excluding hydrogens is 380 g/mol. The van der Waals surface area contributed by atoms with Crippen LogP contribution in [0.25, 0.3) is 11.2 Å². The van der Waals surface area contributed by atoms with Crippen LogP contribution in [0.1, 0.15) is 13.2 Å². The molecule has 1 aliphatic rings. The van der Waals surface area contributed by atoms with Crippen molar-refractivity contribution in [3.63, 3.8) is 0 Å². The van der Waals surface area contributed by atoms with Crippen LogP contribution in [0, 0.1) is 0 Å². The molecule has 2 aromatic heterocycles. The molecule has 0 saturated carbocycles. The van der Waals surface area contributed by atoms with E-state index in [1.807, 2.05) is 0 Å². The van der Waals surface area contributed by atoms with E-state index in [0.717, 1.165) is 6.26 Å². The first-order valence-electron chi connectivity index (χ1n) is 8.01. The molecule has 2 aromatic rings. The molecule has 0 spiro atoms. The molecule has 0 radical (unpaired) electrons. The maximum Gasteiger partial charge on any atom is 0.224 e. The minimum absolute atomic E-state index is 0.128. The maximum atomic E-state index is 11.6. The second-order valence-electron chi connectivity index (χ2n) is 6.86. The zero-order valence-corrected chi connectivity index (χ0v) is 15.8. The van der Waals surface area contributed by atoms with Gasteiger partial charge < -0.3 is 30.7 Å². The lowest BCUT2D eigenvalue weighted by molar-refractivity contribution is -0.0950. The predicted molar refractivity (Wildman–Crippen MR) is 95.5 cm³/mol. The van der Waals surface area contributed by atoms with Gasteiger partial charge in [-0.1, -0.05) is 0 Å². The molecule has 12 nitrogen and oxygen atoms in total. The molecule has 1 fully saturated rings. The smallest absolute Gasteiger partial charge is 0.224 e. The van der Waals surface area contributed by atoms with Crippen molar-refractivity contribution < 1.29 is 28.5 Å². The molecule has 3 heterocycles. The Balaban J connectivity index is 2.10. The van der Waals surface area contributed by atoms with Crippen LogP contribution in [0.5, 0.6) is 0 Å². The summed E-state index contributed by atoms with van der Waals surface area (Å²) in [6, 6.07) is 0. The van der Waals surface area contributed by atoms with Crippen molar-refractivity contribution >= 4 is 32.8 Å². The number of nitrogens with two attached hydrogens (primary N) is 1. The number of sulfone groups is 1. The molecule has 0 amide bonds. The topological polar surface area (TPSA) is 177 Å². The van der Waals surface area contributed by atoms with Crippen LogP contribution in [-0.2, 0) is 14.6 Å². The highest BCUT2D eigenvalue weighted by Gasteiger charge is 2.53. The third kappa shape index (κ3) is 3.43. The minimum Gasteiger partial charge on any atom is -0.394 e. The number of fused-ring (bicyclic) bond motifs is 1. The number of anilines is 2. The molecular formula is C14H22N6O6S. The van der Waals surface area contributed by atoms with Crippen molar-refractivity contribution in [2.45, 2.75) is 31.0 Å². The first kappa shape index (κ1) is 19.7. The zero-order valence-electron chi connectivity index (χ0n) is 15.0. The summed E-state index contributed by atoms with van der Waals surface area (Å²) in [6.45, 7) is 0.880. The molecule has 150 valence electrons. The van der Waals surface area contributed by atoms with Gasteiger partial charge in [-0.05, 0) is 6.92 Å². The summed E-state index contributed by atoms with van der Waals surface area (Å²) in [6.07, 6.45) is -1.02. The standard InChI is InChI=1S/C14H22N6O6S/c1-14(23)9(22)7(4-21)26-12(14)20-5-16-8-10(17-13(15)18-11(8)20)19(2)6-27(3,24)25/h5,7,9,12,21-23H,4,6H2,1-3H3,(H2,15,17,18)/t7-,9+,12-,14?/m1/s1. The van der Waals surface area contributed by atoms with Gasteiger partial charge in [0.05, 0.1) is 12.9 Å². The first-order valence-corrected chi connectivity index (χ1v) is 10.1. The minimum atomic E-state index is -3.33. The van der Waals surface area contributed by atoms with E-state index in [1.54, 1.807) is 0 Å². The molecule has 0 aromatic carbocycles. The molecule has 3 rings (SSSR count). The molecule has 0 bridgehead atoms. The van der Waals surface area contributed by atoms with Crippen LogP contribution >= 0.6 is 0 Å². The zero-order chi connectivity index (χ0) is 20.1. The largest absolute Gasteiger partial charge is 0.394 e. The van der Waals surface area contributed by atoms with Crippen LogP contribution in [0.3, 0.4) is 0 Å². The second kappa shape index (κ2) is 6.53. The number of imidazole rings is 1. The van der Waals surface area contributed by atoms with E-state index in [1.165, 1.54) is 29.8 Å². The molecule has 4 atom stereocenters. The number of ether oxygens (including phenoxy) is 1. The molecule has 0 aliphatic carbocycles. The van der Waals surface area contributed by atoms with E-state index in [2.05, 4.69) is 15.0 Å². The average Bonchev–Trinajstić information content (AvgIpc) is 3.04. The first-order chi connectivity index (χ1) is 12.5. The van der Waals surface area contributed by atoms with E-state index >= 15 is 0 Å². The second-order valence-corrected chi connectivity index (χ2v) is 8.97. The lowest BCUT2D eigenvalue weighted by atomic mass is 9.96. The van der Waals surface area contributed by atoms with Crippen LogP contribution in [0.4, 0.5) is 11.8 Å². The summed E-state index contributed by atoms with van der Waals surface area (Å²) in [5.41, 5.74) is 4.47. The Labute approximate surface area is 155 Å². The number of aromatic nitrogens is 4. The van der Waals surface area contributed by atoms with Crippen molar-refractivity contribution in [2.24, 2.45) is 0 Å². The van der Waals surface area contributed by atoms with Gasteiger partial charge in [-0.3, -0.25) is 4.57 Å². The Morgan fingerprint density at radius 1 is 1.44 bits per heavy atom. The lowest BCUT2D eigenvalue weighted by Gasteiger charge is -2.27. The summed E-state index contributed by atoms with van der Waals surface area (Å²) in [5.74, 6) is -0.246. The number of hydrogen-bond acceptors (Lipinski definition) is 11. The predicted octanol–water partition coefficient (Wildman–Crippen LogP) is -2.15. The number of aliphatic hydroxyl groups is 3. The number of nitrogens with zero attached hydrogens (tertiary/aromatic N) is 5. The fraction of sp³-hybridized carbons (Fsp3) is 0.643. The van der Waals surface area contributed by atoms with Crippen molar-refractivity contribution in [2.75, 3.05) is 36.4 Å². The van der Waals surface area contributed by atoms with Gasteiger partial charge >= 0.3 is 0 Å². The van der Waals surface area contributed by atoms with Gasteiger partial charge in [-0.15, -0.1) is 0 Å². The highest BCUT2D eigenvalue weighted by Crippen LogP contribution is 2.39. The molecule has 27 heavy (non-hydrogen) atoms. The van der Waals surface area contributed by atoms with Crippen molar-refractivity contribution in [3.8, 4) is 0 Å². The SMILES string of the molecule is CN(CS(C)(=O)=O)c1nc(N)nc2c1ncn2[C@@H]1O[C@H](CO)[C@H](O)C1(C)O. The third-order valence-electron chi connectivity index (χ3n) is 4.40. The van der Waals surface area contributed by atoms with Gasteiger partial charge in [-0.25, -0.2) is 13.4 Å². The van der Waals surface area contributed by atoms with Gasteiger partial charge in [0.2, 0.25) is 5.95 Å². The van der Waals surface area contributed by atoms with Crippen LogP contribution < -0.4 is 10.6 Å². The fourth-order valence-corrected chi connectivity index (χ4v) is 3.98. The Bertz CT molecular complexity index is 960. The fourth-order valence-electron chi connectivity index (χ4n) is 3.16. The Morgan fingerprint density at radius 3 is 2.67 bits per heavy atom. The molecule has 13 heteroatoms. The van der Waals surface area contributed by atoms with Gasteiger partial charge in [0.15, 0.2) is 33.0 Å². The van der Waals surface area contributed by atoms with Crippen LogP contribution in [0.2, 0.25) is 0 Å². The van der Waals surface area contributed by atoms with Crippen LogP contribution in [-0.4, -0.2) is 86.9 Å². The summed E-state index contributed by atoms with van der Waals surface area (Å²) in [5, 5.41) is 30.2. The highest BCUT2D eigenvalue weighted by molar-refractivity contribution is 7.90. The molecule has 1 aliphatic heterocycles. The quantitative estimate of drug-likeness (QED) is 0.428. The molecule has 5 N–H and O–H groups in total. The highest BCUT2D eigenvalue weighted by atomic mass is 32.2. The Kier molecular flexibility index (Phi) is 4.76. The number of aliphatic hydroxyl groups excluding tert-OH is 2. The maximum absolute atomic E-state index is 11.6. The lowest BCUT2D eigenvalue weighted by Crippen LogP contribution is -2.44. The van der Waals surface area contributed by atoms with Gasteiger partial charge in [0.25, 0.3) is 0 Å². The summed E-state index contributed by atoms with van der Waals surface area (Å²) < 4.78 is 30.1. The number of rotatable bonds is 5. The van der Waals surface area contributed by atoms with E-state index < -0.39 is 40.5 Å². The Morgan fingerprint density at radius 2 is 2.11 bits per heavy atom. The van der Waals surface area contributed by atoms with E-state index in [9.17, 15) is 23.7 Å².